The standard InChI is InChI=1S/C15H23IN2S/c1-10-8-11(6-7-18(10)2)17-13-4-3-5-14-12(13)9-15(16)19-14/h9-11,13,17H,3-8H2,1-2H3. The highest BCUT2D eigenvalue weighted by Gasteiger charge is 2.28. The van der Waals surface area contributed by atoms with Crippen LogP contribution in [-0.4, -0.2) is 30.6 Å². The molecule has 0 saturated carbocycles. The second-order valence-electron chi connectivity index (χ2n) is 6.09. The molecule has 3 unspecified atom stereocenters. The molecule has 1 aliphatic heterocycles. The summed E-state index contributed by atoms with van der Waals surface area (Å²) in [7, 11) is 2.25. The van der Waals surface area contributed by atoms with Crippen molar-refractivity contribution in [3.63, 3.8) is 0 Å². The molecule has 0 spiro atoms. The second kappa shape index (κ2) is 6.00. The molecule has 0 bridgehead atoms. The van der Waals surface area contributed by atoms with Crippen LogP contribution < -0.4 is 5.32 Å². The summed E-state index contributed by atoms with van der Waals surface area (Å²) in [4.78, 5) is 4.12. The first kappa shape index (κ1) is 14.3. The van der Waals surface area contributed by atoms with E-state index in [4.69, 9.17) is 0 Å². The van der Waals surface area contributed by atoms with Gasteiger partial charge in [0.25, 0.3) is 0 Å². The Morgan fingerprint density at radius 3 is 3.05 bits per heavy atom. The van der Waals surface area contributed by atoms with E-state index in [0.717, 1.165) is 6.04 Å². The van der Waals surface area contributed by atoms with E-state index in [1.807, 2.05) is 11.3 Å². The molecule has 2 aliphatic rings. The summed E-state index contributed by atoms with van der Waals surface area (Å²) >= 11 is 4.47. The Labute approximate surface area is 134 Å². The van der Waals surface area contributed by atoms with Gasteiger partial charge >= 0.3 is 0 Å². The van der Waals surface area contributed by atoms with E-state index in [9.17, 15) is 0 Å². The number of piperidine rings is 1. The Balaban J connectivity index is 1.68. The first-order chi connectivity index (χ1) is 9.13. The van der Waals surface area contributed by atoms with Gasteiger partial charge in [-0.05, 0) is 86.8 Å². The predicted molar refractivity (Wildman–Crippen MR) is 91.0 cm³/mol. The van der Waals surface area contributed by atoms with Gasteiger partial charge in [-0.25, -0.2) is 0 Å². The first-order valence-corrected chi connectivity index (χ1v) is 9.27. The summed E-state index contributed by atoms with van der Waals surface area (Å²) < 4.78 is 1.45. The van der Waals surface area contributed by atoms with Gasteiger partial charge in [-0.3, -0.25) is 0 Å². The quantitative estimate of drug-likeness (QED) is 0.773. The normalized spacial score (nSPS) is 32.3. The number of halogens is 1. The van der Waals surface area contributed by atoms with Gasteiger partial charge in [0.15, 0.2) is 0 Å². The van der Waals surface area contributed by atoms with Gasteiger partial charge in [0.05, 0.1) is 2.88 Å². The molecule has 2 heterocycles. The van der Waals surface area contributed by atoms with Gasteiger partial charge in [0, 0.05) is 23.0 Å². The zero-order valence-corrected chi connectivity index (χ0v) is 14.8. The van der Waals surface area contributed by atoms with Crippen LogP contribution in [0, 0.1) is 2.88 Å². The average Bonchev–Trinajstić information content (AvgIpc) is 2.75. The SMILES string of the molecule is CC1CC(NC2CCCc3sc(I)cc32)CCN1C. The van der Waals surface area contributed by atoms with Crippen molar-refractivity contribution in [2.24, 2.45) is 0 Å². The van der Waals surface area contributed by atoms with Crippen molar-refractivity contribution in [2.75, 3.05) is 13.6 Å². The average molecular weight is 390 g/mol. The van der Waals surface area contributed by atoms with Crippen molar-refractivity contribution in [1.82, 2.24) is 10.2 Å². The number of likely N-dealkylation sites (tertiary alicyclic amines) is 1. The molecule has 0 amide bonds. The lowest BCUT2D eigenvalue weighted by Crippen LogP contribution is -2.46. The van der Waals surface area contributed by atoms with Crippen molar-refractivity contribution in [3.8, 4) is 0 Å². The summed E-state index contributed by atoms with van der Waals surface area (Å²) in [5.41, 5.74) is 1.60. The third-order valence-electron chi connectivity index (χ3n) is 4.73. The number of hydrogen-bond acceptors (Lipinski definition) is 3. The van der Waals surface area contributed by atoms with Crippen molar-refractivity contribution in [3.05, 3.63) is 19.4 Å². The van der Waals surface area contributed by atoms with E-state index in [2.05, 4.69) is 52.8 Å². The van der Waals surface area contributed by atoms with Gasteiger partial charge in [0.1, 0.15) is 0 Å². The number of thiophene rings is 1. The van der Waals surface area contributed by atoms with Crippen LogP contribution in [0.2, 0.25) is 0 Å². The molecular weight excluding hydrogens is 367 g/mol. The Hall–Kier alpha value is 0.350. The molecule has 0 radical (unpaired) electrons. The minimum atomic E-state index is 0.615. The van der Waals surface area contributed by atoms with Gasteiger partial charge in [-0.2, -0.15) is 0 Å². The number of fused-ring (bicyclic) bond motifs is 1. The third-order valence-corrected chi connectivity index (χ3v) is 6.70. The molecule has 3 rings (SSSR count). The molecule has 2 nitrogen and oxygen atoms in total. The van der Waals surface area contributed by atoms with Crippen LogP contribution in [0.25, 0.3) is 0 Å². The Morgan fingerprint density at radius 1 is 1.42 bits per heavy atom. The van der Waals surface area contributed by atoms with Crippen molar-refractivity contribution < 1.29 is 0 Å². The monoisotopic (exact) mass is 390 g/mol. The number of nitrogens with one attached hydrogen (secondary N) is 1. The molecule has 4 heteroatoms. The minimum Gasteiger partial charge on any atom is -0.307 e. The molecule has 1 aromatic rings. The summed E-state index contributed by atoms with van der Waals surface area (Å²) in [5, 5.41) is 3.95. The fourth-order valence-electron chi connectivity index (χ4n) is 3.42. The summed E-state index contributed by atoms with van der Waals surface area (Å²) in [6.45, 7) is 3.59. The van der Waals surface area contributed by atoms with E-state index in [0.29, 0.717) is 12.1 Å². The van der Waals surface area contributed by atoms with Crippen LogP contribution in [0.1, 0.15) is 49.1 Å². The molecule has 1 aliphatic carbocycles. The molecule has 1 aromatic heterocycles. The number of aryl methyl sites for hydroxylation is 1. The first-order valence-electron chi connectivity index (χ1n) is 7.38. The van der Waals surface area contributed by atoms with Crippen LogP contribution in [0.5, 0.6) is 0 Å². The molecule has 3 atom stereocenters. The molecule has 1 saturated heterocycles. The summed E-state index contributed by atoms with van der Waals surface area (Å²) in [6, 6.07) is 4.45. The van der Waals surface area contributed by atoms with E-state index >= 15 is 0 Å². The van der Waals surface area contributed by atoms with Crippen LogP contribution in [0.15, 0.2) is 6.07 Å². The van der Waals surface area contributed by atoms with Gasteiger partial charge in [-0.1, -0.05) is 0 Å². The maximum atomic E-state index is 3.95. The molecule has 1 N–H and O–H groups in total. The minimum absolute atomic E-state index is 0.615. The van der Waals surface area contributed by atoms with Crippen LogP contribution in [0.3, 0.4) is 0 Å². The van der Waals surface area contributed by atoms with E-state index in [1.54, 1.807) is 10.4 Å². The smallest absolute Gasteiger partial charge is 0.0659 e. The lowest BCUT2D eigenvalue weighted by atomic mass is 9.91. The fourth-order valence-corrected chi connectivity index (χ4v) is 5.54. The largest absolute Gasteiger partial charge is 0.307 e. The highest BCUT2D eigenvalue weighted by atomic mass is 127. The van der Waals surface area contributed by atoms with E-state index in [1.165, 1.54) is 41.5 Å². The van der Waals surface area contributed by atoms with Crippen molar-refractivity contribution >= 4 is 33.9 Å². The van der Waals surface area contributed by atoms with Crippen LogP contribution in [0.4, 0.5) is 0 Å². The summed E-state index contributed by atoms with van der Waals surface area (Å²) in [6.07, 6.45) is 6.56. The lowest BCUT2D eigenvalue weighted by molar-refractivity contribution is 0.160. The summed E-state index contributed by atoms with van der Waals surface area (Å²) in [5.74, 6) is 0. The zero-order chi connectivity index (χ0) is 13.4. The lowest BCUT2D eigenvalue weighted by Gasteiger charge is -2.38. The fraction of sp³-hybridized carbons (Fsp3) is 0.733. The molecule has 1 fully saturated rings. The Kier molecular flexibility index (Phi) is 4.51. The van der Waals surface area contributed by atoms with Crippen molar-refractivity contribution in [1.29, 1.82) is 0 Å². The van der Waals surface area contributed by atoms with Crippen molar-refractivity contribution in [2.45, 2.75) is 57.2 Å². The topological polar surface area (TPSA) is 15.3 Å². The maximum Gasteiger partial charge on any atom is 0.0659 e. The highest BCUT2D eigenvalue weighted by Crippen LogP contribution is 2.37. The third kappa shape index (κ3) is 3.17. The molecule has 0 aromatic carbocycles. The number of rotatable bonds is 2. The molecule has 19 heavy (non-hydrogen) atoms. The van der Waals surface area contributed by atoms with Crippen LogP contribution >= 0.6 is 33.9 Å². The van der Waals surface area contributed by atoms with E-state index < -0.39 is 0 Å². The second-order valence-corrected chi connectivity index (χ2v) is 9.12. The van der Waals surface area contributed by atoms with Gasteiger partial charge in [-0.15, -0.1) is 11.3 Å². The number of hydrogen-bond donors (Lipinski definition) is 1. The Bertz CT molecular complexity index is 445. The molecule has 106 valence electrons. The predicted octanol–water partition coefficient (Wildman–Crippen LogP) is 3.80. The highest BCUT2D eigenvalue weighted by molar-refractivity contribution is 14.1. The molecular formula is C15H23IN2S. The Morgan fingerprint density at radius 2 is 2.26 bits per heavy atom. The maximum absolute atomic E-state index is 3.95. The van der Waals surface area contributed by atoms with Gasteiger partial charge < -0.3 is 10.2 Å². The number of nitrogens with zero attached hydrogens (tertiary/aromatic N) is 1. The van der Waals surface area contributed by atoms with Crippen LogP contribution in [-0.2, 0) is 6.42 Å². The van der Waals surface area contributed by atoms with Gasteiger partial charge in [0.2, 0.25) is 0 Å². The zero-order valence-electron chi connectivity index (χ0n) is 11.8. The van der Waals surface area contributed by atoms with E-state index in [-0.39, 0.29) is 0 Å².